The molecule has 1 aromatic carbocycles. The Morgan fingerprint density at radius 1 is 1.05 bits per heavy atom. The first-order valence-electron chi connectivity index (χ1n) is 14.1. The summed E-state index contributed by atoms with van der Waals surface area (Å²) in [5.74, 6) is 1.24. The average Bonchev–Trinajstić information content (AvgIpc) is 3.34. The number of fused-ring (bicyclic) bond motifs is 1. The van der Waals surface area contributed by atoms with Gasteiger partial charge in [0.25, 0.3) is 0 Å². The van der Waals surface area contributed by atoms with Crippen LogP contribution < -0.4 is 0 Å². The van der Waals surface area contributed by atoms with Gasteiger partial charge in [-0.05, 0) is 69.6 Å². The Kier molecular flexibility index (Phi) is 9.18. The Morgan fingerprint density at radius 3 is 2.49 bits per heavy atom. The molecular formula is C31H42N6O2SSi. The van der Waals surface area contributed by atoms with Crippen LogP contribution in [0.4, 0.5) is 0 Å². The Morgan fingerprint density at radius 2 is 1.80 bits per heavy atom. The Labute approximate surface area is 248 Å². The van der Waals surface area contributed by atoms with Crippen molar-refractivity contribution in [3.05, 3.63) is 66.4 Å². The van der Waals surface area contributed by atoms with Gasteiger partial charge in [0, 0.05) is 17.1 Å². The average molecular weight is 591 g/mol. The molecule has 0 N–H and O–H groups in total. The molecule has 41 heavy (non-hydrogen) atoms. The van der Waals surface area contributed by atoms with E-state index in [1.54, 1.807) is 6.20 Å². The van der Waals surface area contributed by atoms with Crippen LogP contribution in [0.1, 0.15) is 72.8 Å². The van der Waals surface area contributed by atoms with E-state index in [1.165, 1.54) is 0 Å². The molecule has 0 saturated heterocycles. The summed E-state index contributed by atoms with van der Waals surface area (Å²) in [6, 6.07) is 14.0. The van der Waals surface area contributed by atoms with Crippen LogP contribution in [-0.4, -0.2) is 48.1 Å². The molecule has 1 unspecified atom stereocenters. The second-order valence-electron chi connectivity index (χ2n) is 12.8. The first kappa shape index (κ1) is 31.0. The first-order valence-corrected chi connectivity index (χ1v) is 18.1. The highest BCUT2D eigenvalue weighted by atomic mass is 32.2. The SMILES string of the molecule is CCC/C(=N\[S+]([O-])C(C)(C)C)c1nccc(-c2ccc3cnn(-c4cccc(CO[Si](C)(C)C(C)(C)C)n4)c3c2)n1. The van der Waals surface area contributed by atoms with Crippen molar-refractivity contribution in [1.82, 2.24) is 24.7 Å². The molecule has 0 aliphatic heterocycles. The molecule has 4 aromatic rings. The minimum atomic E-state index is -1.90. The number of rotatable bonds is 9. The molecule has 3 heterocycles. The Hall–Kier alpha value is -2.92. The molecule has 8 nitrogen and oxygen atoms in total. The van der Waals surface area contributed by atoms with Crippen LogP contribution in [-0.2, 0) is 22.4 Å². The molecule has 0 radical (unpaired) electrons. The van der Waals surface area contributed by atoms with Crippen LogP contribution >= 0.6 is 0 Å². The number of aromatic nitrogens is 5. The fraction of sp³-hybridized carbons (Fsp3) is 0.452. The molecule has 3 aromatic heterocycles. The third-order valence-electron chi connectivity index (χ3n) is 7.38. The monoisotopic (exact) mass is 590 g/mol. The van der Waals surface area contributed by atoms with E-state index in [9.17, 15) is 4.55 Å². The molecule has 0 aliphatic rings. The van der Waals surface area contributed by atoms with Crippen molar-refractivity contribution in [2.75, 3.05) is 0 Å². The van der Waals surface area contributed by atoms with Gasteiger partial charge in [-0.2, -0.15) is 5.10 Å². The van der Waals surface area contributed by atoms with Crippen molar-refractivity contribution in [3.63, 3.8) is 0 Å². The summed E-state index contributed by atoms with van der Waals surface area (Å²) in [5, 5.41) is 5.78. The van der Waals surface area contributed by atoms with Crippen molar-refractivity contribution in [2.45, 2.75) is 90.8 Å². The summed E-state index contributed by atoms with van der Waals surface area (Å²) < 4.78 is 25.1. The number of hydrogen-bond donors (Lipinski definition) is 0. The van der Waals surface area contributed by atoms with Crippen LogP contribution in [0.2, 0.25) is 18.1 Å². The van der Waals surface area contributed by atoms with E-state index in [2.05, 4.69) is 61.3 Å². The van der Waals surface area contributed by atoms with Crippen molar-refractivity contribution < 1.29 is 8.98 Å². The van der Waals surface area contributed by atoms with Gasteiger partial charge in [0.2, 0.25) is 0 Å². The van der Waals surface area contributed by atoms with Crippen molar-refractivity contribution in [2.24, 2.45) is 4.40 Å². The Bertz CT molecular complexity index is 1540. The standard InChI is InChI=1S/C31H42N6O2SSi/c1-10-12-26(36-40(38)30(2,3)4)29-32-18-17-25(35-29)22-15-16-23-20-33-37(27(23)19-22)28-14-11-13-24(34-28)21-39-41(8,9)31(5,6)7/h11,13-20H,10,12,21H2,1-9H3/b36-26+. The summed E-state index contributed by atoms with van der Waals surface area (Å²) in [6.07, 6.45) is 5.08. The molecule has 4 rings (SSSR count). The van der Waals surface area contributed by atoms with Crippen molar-refractivity contribution >= 4 is 36.3 Å². The van der Waals surface area contributed by atoms with E-state index >= 15 is 0 Å². The maximum Gasteiger partial charge on any atom is 0.192 e. The molecular weight excluding hydrogens is 549 g/mol. The summed E-state index contributed by atoms with van der Waals surface area (Å²) in [4.78, 5) is 14.2. The zero-order valence-electron chi connectivity index (χ0n) is 25.7. The minimum Gasteiger partial charge on any atom is -0.591 e. The third kappa shape index (κ3) is 7.30. The van der Waals surface area contributed by atoms with Gasteiger partial charge in [-0.1, -0.05) is 56.7 Å². The van der Waals surface area contributed by atoms with Crippen LogP contribution in [0.5, 0.6) is 0 Å². The van der Waals surface area contributed by atoms with Crippen molar-refractivity contribution in [3.8, 4) is 17.1 Å². The fourth-order valence-corrected chi connectivity index (χ4v) is 5.42. The predicted octanol–water partition coefficient (Wildman–Crippen LogP) is 7.45. The summed E-state index contributed by atoms with van der Waals surface area (Å²) in [5.41, 5.74) is 4.15. The van der Waals surface area contributed by atoms with Gasteiger partial charge < -0.3 is 8.98 Å². The minimum absolute atomic E-state index is 0.132. The second kappa shape index (κ2) is 12.1. The third-order valence-corrected chi connectivity index (χ3v) is 13.3. The van der Waals surface area contributed by atoms with E-state index in [-0.39, 0.29) is 5.04 Å². The lowest BCUT2D eigenvalue weighted by Gasteiger charge is -2.36. The lowest BCUT2D eigenvalue weighted by molar-refractivity contribution is 0.272. The number of nitrogens with zero attached hydrogens (tertiary/aromatic N) is 6. The van der Waals surface area contributed by atoms with Gasteiger partial charge >= 0.3 is 0 Å². The molecule has 0 saturated carbocycles. The number of hydrogen-bond acceptors (Lipinski definition) is 7. The highest BCUT2D eigenvalue weighted by molar-refractivity contribution is 7.91. The summed E-state index contributed by atoms with van der Waals surface area (Å²) in [7, 11) is -1.90. The van der Waals surface area contributed by atoms with E-state index in [4.69, 9.17) is 14.4 Å². The van der Waals surface area contributed by atoms with Gasteiger partial charge in [0.1, 0.15) is 21.8 Å². The first-order chi connectivity index (χ1) is 19.2. The van der Waals surface area contributed by atoms with Crippen LogP contribution in [0.3, 0.4) is 0 Å². The quantitative estimate of drug-likeness (QED) is 0.114. The van der Waals surface area contributed by atoms with E-state index in [0.29, 0.717) is 24.6 Å². The zero-order valence-corrected chi connectivity index (χ0v) is 27.5. The van der Waals surface area contributed by atoms with Crippen LogP contribution in [0, 0.1) is 0 Å². The van der Waals surface area contributed by atoms with Gasteiger partial charge in [-0.15, -0.1) is 0 Å². The number of benzene rings is 1. The molecule has 1 atom stereocenters. The molecule has 10 heteroatoms. The topological polar surface area (TPSA) is 101 Å². The molecule has 0 amide bonds. The van der Waals surface area contributed by atoms with Gasteiger partial charge in [0.15, 0.2) is 20.0 Å². The highest BCUT2D eigenvalue weighted by Crippen LogP contribution is 2.37. The largest absolute Gasteiger partial charge is 0.591 e. The van der Waals surface area contributed by atoms with Gasteiger partial charge in [-0.3, -0.25) is 0 Å². The Balaban J connectivity index is 1.66. The van der Waals surface area contributed by atoms with Gasteiger partial charge in [-0.25, -0.2) is 19.6 Å². The molecule has 0 spiro atoms. The van der Waals surface area contributed by atoms with Gasteiger partial charge in [0.05, 0.1) is 29.7 Å². The normalized spacial score (nSPS) is 14.0. The molecule has 218 valence electrons. The maximum absolute atomic E-state index is 12.8. The molecule has 0 fully saturated rings. The highest BCUT2D eigenvalue weighted by Gasteiger charge is 2.37. The van der Waals surface area contributed by atoms with E-state index in [1.807, 2.05) is 68.0 Å². The van der Waals surface area contributed by atoms with Crippen LogP contribution in [0.25, 0.3) is 28.0 Å². The summed E-state index contributed by atoms with van der Waals surface area (Å²) >= 11 is -1.39. The molecule has 0 bridgehead atoms. The number of pyridine rings is 1. The molecule has 0 aliphatic carbocycles. The lowest BCUT2D eigenvalue weighted by atomic mass is 10.1. The zero-order chi connectivity index (χ0) is 30.0. The fourth-order valence-electron chi connectivity index (χ4n) is 3.83. The second-order valence-corrected chi connectivity index (χ2v) is 19.5. The lowest BCUT2D eigenvalue weighted by Crippen LogP contribution is -2.40. The van der Waals surface area contributed by atoms with E-state index in [0.717, 1.165) is 40.1 Å². The van der Waals surface area contributed by atoms with Crippen LogP contribution in [0.15, 0.2) is 59.3 Å². The smallest absolute Gasteiger partial charge is 0.192 e. The summed E-state index contributed by atoms with van der Waals surface area (Å²) in [6.45, 7) is 19.5. The predicted molar refractivity (Wildman–Crippen MR) is 171 cm³/mol. The van der Waals surface area contributed by atoms with Crippen molar-refractivity contribution in [1.29, 1.82) is 0 Å². The maximum atomic E-state index is 12.8. The van der Waals surface area contributed by atoms with E-state index < -0.39 is 24.4 Å².